The van der Waals surface area contributed by atoms with Crippen molar-refractivity contribution in [1.29, 1.82) is 0 Å². The summed E-state index contributed by atoms with van der Waals surface area (Å²) in [6, 6.07) is 9.40. The van der Waals surface area contributed by atoms with E-state index in [0.29, 0.717) is 31.0 Å². The van der Waals surface area contributed by atoms with Crippen LogP contribution in [0.3, 0.4) is 0 Å². The van der Waals surface area contributed by atoms with Gasteiger partial charge in [-0.05, 0) is 44.5 Å². The molecule has 21 heavy (non-hydrogen) atoms. The van der Waals surface area contributed by atoms with Crippen molar-refractivity contribution >= 4 is 11.8 Å². The quantitative estimate of drug-likeness (QED) is 0.686. The first-order valence-corrected chi connectivity index (χ1v) is 7.59. The van der Waals surface area contributed by atoms with Gasteiger partial charge in [-0.2, -0.15) is 0 Å². The van der Waals surface area contributed by atoms with E-state index < -0.39 is 0 Å². The third-order valence-electron chi connectivity index (χ3n) is 3.61. The minimum absolute atomic E-state index is 0.0795. The molecule has 1 fully saturated rings. The lowest BCUT2D eigenvalue weighted by Gasteiger charge is -2.23. The molecular formula is C16H23N3O2. The molecule has 3 N–H and O–H groups in total. The van der Waals surface area contributed by atoms with Crippen molar-refractivity contribution in [2.75, 3.05) is 19.6 Å². The van der Waals surface area contributed by atoms with Crippen molar-refractivity contribution in [1.82, 2.24) is 16.0 Å². The molecule has 0 radical (unpaired) electrons. The van der Waals surface area contributed by atoms with E-state index in [1.165, 1.54) is 0 Å². The molecule has 1 aliphatic heterocycles. The third-order valence-corrected chi connectivity index (χ3v) is 3.61. The van der Waals surface area contributed by atoms with Crippen LogP contribution in [0.4, 0.5) is 0 Å². The third kappa shape index (κ3) is 5.55. The van der Waals surface area contributed by atoms with Crippen LogP contribution in [0.1, 0.15) is 36.0 Å². The maximum atomic E-state index is 11.8. The molecule has 1 aromatic carbocycles. The molecule has 1 heterocycles. The molecule has 2 rings (SSSR count). The van der Waals surface area contributed by atoms with Gasteiger partial charge >= 0.3 is 0 Å². The van der Waals surface area contributed by atoms with E-state index in [2.05, 4.69) is 16.0 Å². The predicted molar refractivity (Wildman–Crippen MR) is 82.0 cm³/mol. The van der Waals surface area contributed by atoms with Crippen LogP contribution in [-0.4, -0.2) is 37.5 Å². The van der Waals surface area contributed by atoms with Crippen LogP contribution in [0.5, 0.6) is 0 Å². The SMILES string of the molecule is O=C(CCCNC(=O)c1ccccc1)NC1CCNCC1. The zero-order chi connectivity index (χ0) is 14.9. The average molecular weight is 289 g/mol. The molecule has 0 unspecified atom stereocenters. The van der Waals surface area contributed by atoms with E-state index >= 15 is 0 Å². The minimum atomic E-state index is -0.0886. The van der Waals surface area contributed by atoms with E-state index in [4.69, 9.17) is 0 Å². The molecule has 0 aromatic heterocycles. The number of nitrogens with one attached hydrogen (secondary N) is 3. The Labute approximate surface area is 125 Å². The van der Waals surface area contributed by atoms with Crippen LogP contribution in [0, 0.1) is 0 Å². The number of carbonyl (C=O) groups excluding carboxylic acids is 2. The molecule has 0 bridgehead atoms. The summed E-state index contributed by atoms with van der Waals surface area (Å²) in [4.78, 5) is 23.6. The highest BCUT2D eigenvalue weighted by molar-refractivity contribution is 5.94. The molecule has 5 nitrogen and oxygen atoms in total. The maximum Gasteiger partial charge on any atom is 0.251 e. The monoisotopic (exact) mass is 289 g/mol. The number of hydrogen-bond donors (Lipinski definition) is 3. The van der Waals surface area contributed by atoms with Crippen molar-refractivity contribution < 1.29 is 9.59 Å². The fraction of sp³-hybridized carbons (Fsp3) is 0.500. The van der Waals surface area contributed by atoms with Gasteiger partial charge in [0.25, 0.3) is 5.91 Å². The van der Waals surface area contributed by atoms with Crippen molar-refractivity contribution in [2.24, 2.45) is 0 Å². The summed E-state index contributed by atoms with van der Waals surface area (Å²) in [6.45, 7) is 2.46. The second kappa shape index (κ2) is 8.42. The number of benzene rings is 1. The lowest BCUT2D eigenvalue weighted by molar-refractivity contribution is -0.122. The van der Waals surface area contributed by atoms with Gasteiger partial charge in [0.05, 0.1) is 0 Å². The first kappa shape index (κ1) is 15.5. The molecule has 2 amide bonds. The van der Waals surface area contributed by atoms with Gasteiger partial charge in [-0.1, -0.05) is 18.2 Å². The number of carbonyl (C=O) groups is 2. The van der Waals surface area contributed by atoms with Crippen LogP contribution in [-0.2, 0) is 4.79 Å². The Morgan fingerprint density at radius 1 is 1.14 bits per heavy atom. The van der Waals surface area contributed by atoms with Gasteiger partial charge < -0.3 is 16.0 Å². The zero-order valence-electron chi connectivity index (χ0n) is 12.2. The Balaban J connectivity index is 1.58. The number of rotatable bonds is 6. The topological polar surface area (TPSA) is 70.2 Å². The molecule has 5 heteroatoms. The number of hydrogen-bond acceptors (Lipinski definition) is 3. The van der Waals surface area contributed by atoms with Gasteiger partial charge in [0.2, 0.25) is 5.91 Å². The van der Waals surface area contributed by atoms with Crippen LogP contribution >= 0.6 is 0 Å². The second-order valence-electron chi connectivity index (χ2n) is 5.32. The highest BCUT2D eigenvalue weighted by Crippen LogP contribution is 2.03. The summed E-state index contributed by atoms with van der Waals surface area (Å²) >= 11 is 0. The Bertz CT molecular complexity index is 456. The van der Waals surface area contributed by atoms with Gasteiger partial charge in [0.1, 0.15) is 0 Å². The number of piperidine rings is 1. The summed E-state index contributed by atoms with van der Waals surface area (Å²) in [6.07, 6.45) is 3.11. The largest absolute Gasteiger partial charge is 0.353 e. The minimum Gasteiger partial charge on any atom is -0.353 e. The first-order chi connectivity index (χ1) is 10.3. The van der Waals surface area contributed by atoms with Gasteiger partial charge in [0.15, 0.2) is 0 Å². The Kier molecular flexibility index (Phi) is 6.22. The van der Waals surface area contributed by atoms with E-state index in [0.717, 1.165) is 25.9 Å². The molecule has 0 saturated carbocycles. The van der Waals surface area contributed by atoms with Gasteiger partial charge in [-0.25, -0.2) is 0 Å². The van der Waals surface area contributed by atoms with Gasteiger partial charge in [0, 0.05) is 24.6 Å². The second-order valence-corrected chi connectivity index (χ2v) is 5.32. The maximum absolute atomic E-state index is 11.8. The molecule has 0 atom stereocenters. The highest BCUT2D eigenvalue weighted by Gasteiger charge is 2.14. The molecule has 1 saturated heterocycles. The summed E-state index contributed by atoms with van der Waals surface area (Å²) in [5, 5.41) is 9.15. The van der Waals surface area contributed by atoms with E-state index in [-0.39, 0.29) is 11.8 Å². The molecule has 0 spiro atoms. The highest BCUT2D eigenvalue weighted by atomic mass is 16.2. The first-order valence-electron chi connectivity index (χ1n) is 7.59. The average Bonchev–Trinajstić information content (AvgIpc) is 2.53. The normalized spacial score (nSPS) is 15.4. The Morgan fingerprint density at radius 2 is 1.86 bits per heavy atom. The lowest BCUT2D eigenvalue weighted by Crippen LogP contribution is -2.42. The fourth-order valence-corrected chi connectivity index (χ4v) is 2.41. The fourth-order valence-electron chi connectivity index (χ4n) is 2.41. The predicted octanol–water partition coefficient (Wildman–Crippen LogP) is 1.06. The summed E-state index contributed by atoms with van der Waals surface area (Å²) in [5.74, 6) is -0.00905. The molecular weight excluding hydrogens is 266 g/mol. The van der Waals surface area contributed by atoms with Crippen molar-refractivity contribution in [3.05, 3.63) is 35.9 Å². The van der Waals surface area contributed by atoms with Gasteiger partial charge in [-0.15, -0.1) is 0 Å². The summed E-state index contributed by atoms with van der Waals surface area (Å²) in [7, 11) is 0. The number of amides is 2. The molecule has 1 aliphatic rings. The van der Waals surface area contributed by atoms with Crippen LogP contribution in [0.25, 0.3) is 0 Å². The van der Waals surface area contributed by atoms with Crippen LogP contribution in [0.15, 0.2) is 30.3 Å². The van der Waals surface area contributed by atoms with Crippen molar-refractivity contribution in [2.45, 2.75) is 31.7 Å². The van der Waals surface area contributed by atoms with Crippen LogP contribution < -0.4 is 16.0 Å². The van der Waals surface area contributed by atoms with E-state index in [9.17, 15) is 9.59 Å². The van der Waals surface area contributed by atoms with Gasteiger partial charge in [-0.3, -0.25) is 9.59 Å². The van der Waals surface area contributed by atoms with E-state index in [1.807, 2.05) is 18.2 Å². The lowest BCUT2D eigenvalue weighted by atomic mass is 10.1. The molecule has 114 valence electrons. The smallest absolute Gasteiger partial charge is 0.251 e. The molecule has 0 aliphatic carbocycles. The van der Waals surface area contributed by atoms with Crippen molar-refractivity contribution in [3.8, 4) is 0 Å². The van der Waals surface area contributed by atoms with Crippen molar-refractivity contribution in [3.63, 3.8) is 0 Å². The van der Waals surface area contributed by atoms with Crippen LogP contribution in [0.2, 0.25) is 0 Å². The van der Waals surface area contributed by atoms with E-state index in [1.54, 1.807) is 12.1 Å². The standard InChI is InChI=1S/C16H23N3O2/c20-15(19-14-8-11-17-12-9-14)7-4-10-18-16(21)13-5-2-1-3-6-13/h1-3,5-6,14,17H,4,7-12H2,(H,18,21)(H,19,20). The zero-order valence-corrected chi connectivity index (χ0v) is 12.2. The summed E-state index contributed by atoms with van der Waals surface area (Å²) in [5.41, 5.74) is 0.650. The Morgan fingerprint density at radius 3 is 2.57 bits per heavy atom. The Hall–Kier alpha value is -1.88. The molecule has 1 aromatic rings. The summed E-state index contributed by atoms with van der Waals surface area (Å²) < 4.78 is 0.